The molecule has 0 fully saturated rings. The lowest BCUT2D eigenvalue weighted by molar-refractivity contribution is -0.129. The third-order valence-electron chi connectivity index (χ3n) is 3.43. The molecule has 0 unspecified atom stereocenters. The molecule has 2 N–H and O–H groups in total. The van der Waals surface area contributed by atoms with Gasteiger partial charge in [-0.2, -0.15) is 0 Å². The number of carbonyl (C=O) groups excluding carboxylic acids is 2. The van der Waals surface area contributed by atoms with Crippen LogP contribution in [0.3, 0.4) is 0 Å². The minimum atomic E-state index is -0.327. The quantitative estimate of drug-likeness (QED) is 0.856. The molecule has 0 bridgehead atoms. The summed E-state index contributed by atoms with van der Waals surface area (Å²) >= 11 is 0. The average molecular weight is 329 g/mol. The van der Waals surface area contributed by atoms with Crippen molar-refractivity contribution in [1.82, 2.24) is 10.2 Å². The highest BCUT2D eigenvalue weighted by molar-refractivity contribution is 5.89. The molecule has 3 amide bonds. The zero-order valence-corrected chi connectivity index (χ0v) is 13.5. The molecule has 0 aliphatic heterocycles. The van der Waals surface area contributed by atoms with E-state index in [0.717, 1.165) is 5.56 Å². The number of benzene rings is 2. The third-order valence-corrected chi connectivity index (χ3v) is 3.43. The second-order valence-electron chi connectivity index (χ2n) is 5.31. The van der Waals surface area contributed by atoms with Crippen molar-refractivity contribution < 1.29 is 14.0 Å². The van der Waals surface area contributed by atoms with Crippen LogP contribution in [-0.2, 0) is 11.3 Å². The van der Waals surface area contributed by atoms with Gasteiger partial charge in [0.15, 0.2) is 0 Å². The Morgan fingerprint density at radius 2 is 1.71 bits per heavy atom. The standard InChI is InChI=1S/C18H20FN3O2/c1-14(23)22(13-15-7-9-16(19)10-8-15)12-11-20-18(24)21-17-5-3-2-4-6-17/h2-10H,11-13H2,1H3,(H2,20,21,24). The third kappa shape index (κ3) is 5.72. The number of halogens is 1. The van der Waals surface area contributed by atoms with E-state index in [-0.39, 0.29) is 17.8 Å². The predicted octanol–water partition coefficient (Wildman–Crippen LogP) is 3.00. The first-order valence-corrected chi connectivity index (χ1v) is 7.64. The zero-order chi connectivity index (χ0) is 17.4. The summed E-state index contributed by atoms with van der Waals surface area (Å²) in [7, 11) is 0. The zero-order valence-electron chi connectivity index (χ0n) is 13.5. The van der Waals surface area contributed by atoms with Gasteiger partial charge in [-0.1, -0.05) is 30.3 Å². The first-order chi connectivity index (χ1) is 11.5. The Bertz CT molecular complexity index is 674. The summed E-state index contributed by atoms with van der Waals surface area (Å²) in [6, 6.07) is 14.8. The van der Waals surface area contributed by atoms with Crippen LogP contribution in [0.2, 0.25) is 0 Å². The van der Waals surface area contributed by atoms with Crippen LogP contribution < -0.4 is 10.6 Å². The maximum atomic E-state index is 12.9. The summed E-state index contributed by atoms with van der Waals surface area (Å²) in [5.74, 6) is -0.419. The highest BCUT2D eigenvalue weighted by atomic mass is 19.1. The van der Waals surface area contributed by atoms with Crippen LogP contribution in [0, 0.1) is 5.82 Å². The van der Waals surface area contributed by atoms with Crippen molar-refractivity contribution >= 4 is 17.6 Å². The molecule has 2 aromatic carbocycles. The van der Waals surface area contributed by atoms with Gasteiger partial charge < -0.3 is 15.5 Å². The van der Waals surface area contributed by atoms with Crippen molar-refractivity contribution in [3.05, 3.63) is 66.0 Å². The molecule has 0 atom stereocenters. The van der Waals surface area contributed by atoms with Crippen molar-refractivity contribution in [2.75, 3.05) is 18.4 Å². The van der Waals surface area contributed by atoms with Gasteiger partial charge in [-0.3, -0.25) is 4.79 Å². The van der Waals surface area contributed by atoms with Gasteiger partial charge in [0.1, 0.15) is 5.82 Å². The highest BCUT2D eigenvalue weighted by Gasteiger charge is 2.10. The SMILES string of the molecule is CC(=O)N(CCNC(=O)Nc1ccccc1)Cc1ccc(F)cc1. The first-order valence-electron chi connectivity index (χ1n) is 7.64. The van der Waals surface area contributed by atoms with Gasteiger partial charge in [0.05, 0.1) is 0 Å². The van der Waals surface area contributed by atoms with Crippen molar-refractivity contribution in [2.24, 2.45) is 0 Å². The Balaban J connectivity index is 1.80. The van der Waals surface area contributed by atoms with E-state index in [4.69, 9.17) is 0 Å². The maximum absolute atomic E-state index is 12.9. The lowest BCUT2D eigenvalue weighted by Gasteiger charge is -2.21. The number of carbonyl (C=O) groups is 2. The number of amides is 3. The van der Waals surface area contributed by atoms with E-state index in [1.165, 1.54) is 19.1 Å². The summed E-state index contributed by atoms with van der Waals surface area (Å²) in [6.45, 7) is 2.53. The average Bonchev–Trinajstić information content (AvgIpc) is 2.56. The van der Waals surface area contributed by atoms with Crippen LogP contribution in [0.5, 0.6) is 0 Å². The molecule has 0 saturated heterocycles. The molecule has 0 radical (unpaired) electrons. The minimum absolute atomic E-state index is 0.107. The van der Waals surface area contributed by atoms with Crippen LogP contribution in [-0.4, -0.2) is 29.9 Å². The second kappa shape index (κ2) is 8.67. The maximum Gasteiger partial charge on any atom is 0.319 e. The molecule has 2 aromatic rings. The number of hydrogen-bond acceptors (Lipinski definition) is 2. The molecule has 126 valence electrons. The van der Waals surface area contributed by atoms with Gasteiger partial charge in [-0.25, -0.2) is 9.18 Å². The van der Waals surface area contributed by atoms with Gasteiger partial charge in [0.2, 0.25) is 5.91 Å². The molecular formula is C18H20FN3O2. The van der Waals surface area contributed by atoms with Crippen molar-refractivity contribution in [2.45, 2.75) is 13.5 Å². The molecule has 6 heteroatoms. The van der Waals surface area contributed by atoms with Gasteiger partial charge >= 0.3 is 6.03 Å². The van der Waals surface area contributed by atoms with Gasteiger partial charge in [0.25, 0.3) is 0 Å². The Morgan fingerprint density at radius 1 is 1.04 bits per heavy atom. The largest absolute Gasteiger partial charge is 0.337 e. The smallest absolute Gasteiger partial charge is 0.319 e. The Labute approximate surface area is 140 Å². The fourth-order valence-corrected chi connectivity index (χ4v) is 2.16. The number of hydrogen-bond donors (Lipinski definition) is 2. The fourth-order valence-electron chi connectivity index (χ4n) is 2.16. The van der Waals surface area contributed by atoms with E-state index in [2.05, 4.69) is 10.6 Å². The van der Waals surface area contributed by atoms with Gasteiger partial charge in [-0.15, -0.1) is 0 Å². The summed E-state index contributed by atoms with van der Waals surface area (Å²) < 4.78 is 12.9. The lowest BCUT2D eigenvalue weighted by atomic mass is 10.2. The fraction of sp³-hybridized carbons (Fsp3) is 0.222. The van der Waals surface area contributed by atoms with Gasteiger partial charge in [0, 0.05) is 32.2 Å². The Kier molecular flexibility index (Phi) is 6.31. The van der Waals surface area contributed by atoms with E-state index in [1.807, 2.05) is 18.2 Å². The molecule has 0 aliphatic carbocycles. The van der Waals surface area contributed by atoms with E-state index >= 15 is 0 Å². The van der Waals surface area contributed by atoms with Gasteiger partial charge in [-0.05, 0) is 29.8 Å². The lowest BCUT2D eigenvalue weighted by Crippen LogP contribution is -2.38. The molecule has 0 saturated carbocycles. The molecule has 0 heterocycles. The van der Waals surface area contributed by atoms with Crippen LogP contribution in [0.4, 0.5) is 14.9 Å². The first kappa shape index (κ1) is 17.5. The number of para-hydroxylation sites is 1. The van der Waals surface area contributed by atoms with E-state index < -0.39 is 0 Å². The Morgan fingerprint density at radius 3 is 2.33 bits per heavy atom. The number of nitrogens with zero attached hydrogens (tertiary/aromatic N) is 1. The molecule has 0 spiro atoms. The summed E-state index contributed by atoms with van der Waals surface area (Å²) in [5, 5.41) is 5.41. The second-order valence-corrected chi connectivity index (χ2v) is 5.31. The molecule has 0 aromatic heterocycles. The van der Waals surface area contributed by atoms with Crippen LogP contribution >= 0.6 is 0 Å². The predicted molar refractivity (Wildman–Crippen MR) is 91.0 cm³/mol. The molecule has 0 aliphatic rings. The van der Waals surface area contributed by atoms with E-state index in [0.29, 0.717) is 25.3 Å². The van der Waals surface area contributed by atoms with Crippen LogP contribution in [0.25, 0.3) is 0 Å². The number of urea groups is 1. The number of anilines is 1. The van der Waals surface area contributed by atoms with Crippen molar-refractivity contribution in [3.63, 3.8) is 0 Å². The van der Waals surface area contributed by atoms with Crippen molar-refractivity contribution in [1.29, 1.82) is 0 Å². The summed E-state index contributed by atoms with van der Waals surface area (Å²) in [6.07, 6.45) is 0. The minimum Gasteiger partial charge on any atom is -0.337 e. The highest BCUT2D eigenvalue weighted by Crippen LogP contribution is 2.07. The topological polar surface area (TPSA) is 61.4 Å². The summed E-state index contributed by atoms with van der Waals surface area (Å²) in [5.41, 5.74) is 1.53. The number of rotatable bonds is 6. The normalized spacial score (nSPS) is 10.1. The summed E-state index contributed by atoms with van der Waals surface area (Å²) in [4.78, 5) is 25.1. The van der Waals surface area contributed by atoms with Crippen LogP contribution in [0.15, 0.2) is 54.6 Å². The molecule has 5 nitrogen and oxygen atoms in total. The van der Waals surface area contributed by atoms with E-state index in [1.54, 1.807) is 29.2 Å². The molecule has 2 rings (SSSR count). The van der Waals surface area contributed by atoms with Crippen LogP contribution in [0.1, 0.15) is 12.5 Å². The molecular weight excluding hydrogens is 309 g/mol. The van der Waals surface area contributed by atoms with Crippen molar-refractivity contribution in [3.8, 4) is 0 Å². The Hall–Kier alpha value is -2.89. The molecule has 24 heavy (non-hydrogen) atoms. The monoisotopic (exact) mass is 329 g/mol. The number of nitrogens with one attached hydrogen (secondary N) is 2. The van der Waals surface area contributed by atoms with E-state index in [9.17, 15) is 14.0 Å².